The van der Waals surface area contributed by atoms with Gasteiger partial charge in [-0.25, -0.2) is 0 Å². The van der Waals surface area contributed by atoms with E-state index in [4.69, 9.17) is 4.42 Å². The summed E-state index contributed by atoms with van der Waals surface area (Å²) in [5.41, 5.74) is 18.1. The first-order valence-corrected chi connectivity index (χ1v) is 17.6. The maximum atomic E-state index is 6.33. The Morgan fingerprint density at radius 2 is 1.06 bits per heavy atom. The highest BCUT2D eigenvalue weighted by Gasteiger charge is 2.41. The third-order valence-electron chi connectivity index (χ3n) is 11.4. The molecular formula is C49H41NO. The Hall–Kier alpha value is -5.86. The molecule has 2 heteroatoms. The normalized spacial score (nSPS) is 14.4. The monoisotopic (exact) mass is 659 g/mol. The molecule has 2 aliphatic rings. The first-order chi connectivity index (χ1) is 24.3. The van der Waals surface area contributed by atoms with Gasteiger partial charge in [0, 0.05) is 32.9 Å². The van der Waals surface area contributed by atoms with E-state index in [9.17, 15) is 0 Å². The Morgan fingerprint density at radius 1 is 0.451 bits per heavy atom. The minimum absolute atomic E-state index is 0. The maximum absolute atomic E-state index is 6.33. The van der Waals surface area contributed by atoms with Gasteiger partial charge in [0.1, 0.15) is 11.2 Å². The van der Waals surface area contributed by atoms with Gasteiger partial charge in [-0.2, -0.15) is 0 Å². The highest BCUT2D eigenvalue weighted by Crippen LogP contribution is 2.58. The molecule has 0 unspecified atom stereocenters. The van der Waals surface area contributed by atoms with Gasteiger partial charge in [-0.15, -0.1) is 0 Å². The highest BCUT2D eigenvalue weighted by atomic mass is 16.3. The molecule has 10 rings (SSSR count). The van der Waals surface area contributed by atoms with E-state index >= 15 is 0 Å². The van der Waals surface area contributed by atoms with Gasteiger partial charge >= 0.3 is 0 Å². The Kier molecular flexibility index (Phi) is 6.76. The first kappa shape index (κ1) is 31.1. The minimum Gasteiger partial charge on any atom is -0.456 e. The fraction of sp³-hybridized carbons (Fsp3) is 0.143. The molecule has 7 aromatic carbocycles. The van der Waals surface area contributed by atoms with Crippen molar-refractivity contribution < 1.29 is 4.42 Å². The highest BCUT2D eigenvalue weighted by molar-refractivity contribution is 6.06. The quantitative estimate of drug-likeness (QED) is 0.187. The van der Waals surface area contributed by atoms with E-state index in [0.29, 0.717) is 0 Å². The van der Waals surface area contributed by atoms with Crippen molar-refractivity contribution in [1.82, 2.24) is 0 Å². The molecule has 8 aromatic rings. The average Bonchev–Trinajstić information content (AvgIpc) is 3.72. The molecule has 0 amide bonds. The van der Waals surface area contributed by atoms with E-state index in [2.05, 4.69) is 172 Å². The Morgan fingerprint density at radius 3 is 1.90 bits per heavy atom. The summed E-state index contributed by atoms with van der Waals surface area (Å²) >= 11 is 0. The van der Waals surface area contributed by atoms with Crippen LogP contribution in [0.1, 0.15) is 57.4 Å². The molecule has 51 heavy (non-hydrogen) atoms. The molecule has 2 aliphatic carbocycles. The minimum atomic E-state index is -0.181. The molecule has 0 fully saturated rings. The molecule has 0 radical (unpaired) electrons. The van der Waals surface area contributed by atoms with E-state index in [1.807, 2.05) is 12.1 Å². The number of fused-ring (bicyclic) bond motifs is 9. The van der Waals surface area contributed by atoms with Crippen LogP contribution in [0.3, 0.4) is 0 Å². The molecule has 0 aliphatic heterocycles. The molecule has 1 heterocycles. The Bertz CT molecular complexity index is 2670. The van der Waals surface area contributed by atoms with Crippen LogP contribution in [0.15, 0.2) is 156 Å². The summed E-state index contributed by atoms with van der Waals surface area (Å²) in [7, 11) is 0. The Labute approximate surface area is 300 Å². The van der Waals surface area contributed by atoms with Gasteiger partial charge in [0.15, 0.2) is 0 Å². The summed E-state index contributed by atoms with van der Waals surface area (Å²) < 4.78 is 6.33. The lowest BCUT2D eigenvalue weighted by Crippen LogP contribution is -2.21. The molecule has 0 saturated heterocycles. The van der Waals surface area contributed by atoms with Gasteiger partial charge in [-0.05, 0) is 92.5 Å². The second-order valence-corrected chi connectivity index (χ2v) is 14.9. The molecular weight excluding hydrogens is 619 g/mol. The largest absolute Gasteiger partial charge is 0.456 e. The number of anilines is 3. The van der Waals surface area contributed by atoms with Crippen LogP contribution in [0.5, 0.6) is 0 Å². The van der Waals surface area contributed by atoms with Crippen LogP contribution in [0.2, 0.25) is 0 Å². The van der Waals surface area contributed by atoms with Gasteiger partial charge in [-0.1, -0.05) is 144 Å². The van der Waals surface area contributed by atoms with Crippen molar-refractivity contribution in [3.63, 3.8) is 0 Å². The summed E-state index contributed by atoms with van der Waals surface area (Å²) in [5.74, 6) is 0. The van der Waals surface area contributed by atoms with Crippen LogP contribution in [-0.2, 0) is 10.8 Å². The van der Waals surface area contributed by atoms with Gasteiger partial charge in [0.25, 0.3) is 0 Å². The standard InChI is InChI=1S/C48H37NO.CH4/c1-47(2)39-21-9-6-18-37(39)45-40(47)22-13-23-41(45)49(42-24-12-19-36-33-16-5-8-20-38(33)48(3,4)46(36)42)32-15-11-14-30(28-32)31-26-27-35-34-17-7-10-25-43(34)50-44(35)29-31;/h5-29H,1-4H3;1H4. The number of hydrogen-bond acceptors (Lipinski definition) is 2. The number of hydrogen-bond donors (Lipinski definition) is 0. The zero-order chi connectivity index (χ0) is 33.8. The SMILES string of the molecule is C.CC1(C)c2ccccc2-c2c(N(c3cccc(-c4ccc5c(c4)oc4ccccc45)c3)c3cccc4c3C(C)(C)c3ccccc3-4)cccc21. The van der Waals surface area contributed by atoms with E-state index in [0.717, 1.165) is 38.8 Å². The van der Waals surface area contributed by atoms with Crippen LogP contribution < -0.4 is 4.90 Å². The third-order valence-corrected chi connectivity index (χ3v) is 11.4. The fourth-order valence-corrected chi connectivity index (χ4v) is 9.06. The van der Waals surface area contributed by atoms with E-state index in [1.54, 1.807) is 0 Å². The van der Waals surface area contributed by atoms with Crippen LogP contribution in [0.4, 0.5) is 17.1 Å². The van der Waals surface area contributed by atoms with Crippen LogP contribution in [-0.4, -0.2) is 0 Å². The number of benzene rings is 7. The summed E-state index contributed by atoms with van der Waals surface area (Å²) in [4.78, 5) is 2.53. The van der Waals surface area contributed by atoms with Crippen molar-refractivity contribution >= 4 is 39.0 Å². The molecule has 2 nitrogen and oxygen atoms in total. The number of para-hydroxylation sites is 1. The second kappa shape index (κ2) is 11.1. The molecule has 0 spiro atoms. The molecule has 0 atom stereocenters. The van der Waals surface area contributed by atoms with Crippen molar-refractivity contribution in [3.05, 3.63) is 174 Å². The lowest BCUT2D eigenvalue weighted by atomic mass is 9.81. The lowest BCUT2D eigenvalue weighted by molar-refractivity contribution is 0.659. The van der Waals surface area contributed by atoms with Gasteiger partial charge in [0.2, 0.25) is 0 Å². The van der Waals surface area contributed by atoms with Crippen molar-refractivity contribution in [1.29, 1.82) is 0 Å². The maximum Gasteiger partial charge on any atom is 0.136 e. The van der Waals surface area contributed by atoms with E-state index in [1.165, 1.54) is 55.9 Å². The molecule has 0 N–H and O–H groups in total. The van der Waals surface area contributed by atoms with Crippen molar-refractivity contribution in [2.45, 2.75) is 46.0 Å². The molecule has 1 aromatic heterocycles. The number of nitrogens with zero attached hydrogens (tertiary/aromatic N) is 1. The average molecular weight is 660 g/mol. The smallest absolute Gasteiger partial charge is 0.136 e. The summed E-state index contributed by atoms with van der Waals surface area (Å²) in [6.07, 6.45) is 0. The zero-order valence-electron chi connectivity index (χ0n) is 28.8. The molecule has 0 saturated carbocycles. The third kappa shape index (κ3) is 4.36. The van der Waals surface area contributed by atoms with Crippen molar-refractivity contribution in [2.24, 2.45) is 0 Å². The molecule has 0 bridgehead atoms. The number of furan rings is 1. The zero-order valence-corrected chi connectivity index (χ0v) is 28.8. The first-order valence-electron chi connectivity index (χ1n) is 17.6. The van der Waals surface area contributed by atoms with Crippen LogP contribution >= 0.6 is 0 Å². The second-order valence-electron chi connectivity index (χ2n) is 14.9. The van der Waals surface area contributed by atoms with Crippen molar-refractivity contribution in [3.8, 4) is 33.4 Å². The predicted octanol–water partition coefficient (Wildman–Crippen LogP) is 14.0. The van der Waals surface area contributed by atoms with Crippen LogP contribution in [0.25, 0.3) is 55.3 Å². The molecule has 248 valence electrons. The van der Waals surface area contributed by atoms with Crippen molar-refractivity contribution in [2.75, 3.05) is 4.90 Å². The Balaban J connectivity index is 0.00000348. The van der Waals surface area contributed by atoms with Gasteiger partial charge < -0.3 is 9.32 Å². The topological polar surface area (TPSA) is 16.4 Å². The van der Waals surface area contributed by atoms with E-state index < -0.39 is 0 Å². The summed E-state index contributed by atoms with van der Waals surface area (Å²) in [6, 6.07) is 55.6. The summed E-state index contributed by atoms with van der Waals surface area (Å²) in [5, 5.41) is 2.29. The van der Waals surface area contributed by atoms with E-state index in [-0.39, 0.29) is 18.3 Å². The fourth-order valence-electron chi connectivity index (χ4n) is 9.06. The predicted molar refractivity (Wildman–Crippen MR) is 216 cm³/mol. The number of rotatable bonds is 4. The lowest BCUT2D eigenvalue weighted by Gasteiger charge is -2.34. The van der Waals surface area contributed by atoms with Gasteiger partial charge in [0.05, 0.1) is 11.4 Å². The van der Waals surface area contributed by atoms with Gasteiger partial charge in [-0.3, -0.25) is 0 Å². The van der Waals surface area contributed by atoms with Crippen LogP contribution in [0, 0.1) is 0 Å². The summed E-state index contributed by atoms with van der Waals surface area (Å²) in [6.45, 7) is 9.49.